The second-order valence-corrected chi connectivity index (χ2v) is 7.99. The number of carbonyl (C=O) groups is 1. The average molecular weight is 497 g/mol. The predicted molar refractivity (Wildman–Crippen MR) is 112 cm³/mol. The van der Waals surface area contributed by atoms with E-state index in [1.807, 2.05) is 0 Å². The van der Waals surface area contributed by atoms with E-state index in [1.54, 1.807) is 0 Å². The van der Waals surface area contributed by atoms with Gasteiger partial charge in [0.2, 0.25) is 0 Å². The summed E-state index contributed by atoms with van der Waals surface area (Å²) >= 11 is 0. The topological polar surface area (TPSA) is 83.7 Å². The van der Waals surface area contributed by atoms with E-state index in [-0.39, 0.29) is 25.2 Å². The summed E-state index contributed by atoms with van der Waals surface area (Å²) in [7, 11) is 0. The lowest BCUT2D eigenvalue weighted by atomic mass is 9.85. The number of urea groups is 1. The number of aromatic nitrogens is 3. The largest absolute Gasteiger partial charge is 0.573 e. The minimum atomic E-state index is -4.85. The SMILES string of the molecule is C[C@@H](N1CCN(c2ccc(OC(F)(F)F)cc2)C1=O)C(O)(Cn1cncn1)c1ccc(F)cc1F. The van der Waals surface area contributed by atoms with Gasteiger partial charge in [-0.25, -0.2) is 23.2 Å². The first kappa shape index (κ1) is 24.4. The van der Waals surface area contributed by atoms with Gasteiger partial charge in [-0.3, -0.25) is 4.90 Å². The van der Waals surface area contributed by atoms with Gasteiger partial charge in [-0.15, -0.1) is 13.2 Å². The van der Waals surface area contributed by atoms with Crippen LogP contribution >= 0.6 is 0 Å². The molecular formula is C22H20F5N5O3. The van der Waals surface area contributed by atoms with Gasteiger partial charge < -0.3 is 14.7 Å². The standard InChI is InChI=1S/C22H20F5N5O3/c1-14(21(34,11-30-13-28-12-29-30)18-7-2-15(23)10-19(18)24)31-8-9-32(20(31)33)16-3-5-17(6-4-16)35-22(25,26)27/h2-7,10,12-14,34H,8-9,11H2,1H3/t14-,21?/m1/s1. The van der Waals surface area contributed by atoms with Crippen LogP contribution in [-0.2, 0) is 12.1 Å². The molecule has 4 rings (SSSR count). The number of nitrogens with zero attached hydrogens (tertiary/aromatic N) is 5. The average Bonchev–Trinajstić information content (AvgIpc) is 3.42. The van der Waals surface area contributed by atoms with E-state index in [4.69, 9.17) is 0 Å². The zero-order valence-electron chi connectivity index (χ0n) is 18.3. The summed E-state index contributed by atoms with van der Waals surface area (Å²) in [5.74, 6) is -2.27. The highest BCUT2D eigenvalue weighted by atomic mass is 19.4. The number of halogens is 5. The van der Waals surface area contributed by atoms with E-state index in [9.17, 15) is 31.9 Å². The van der Waals surface area contributed by atoms with Gasteiger partial charge in [0, 0.05) is 30.4 Å². The third-order valence-electron chi connectivity index (χ3n) is 5.85. The van der Waals surface area contributed by atoms with Crippen LogP contribution in [0.15, 0.2) is 55.1 Å². The number of ether oxygens (including phenoxy) is 1. The van der Waals surface area contributed by atoms with Crippen molar-refractivity contribution >= 4 is 11.7 Å². The molecule has 1 N–H and O–H groups in total. The minimum absolute atomic E-state index is 0.128. The zero-order valence-corrected chi connectivity index (χ0v) is 18.3. The van der Waals surface area contributed by atoms with Crippen molar-refractivity contribution in [3.05, 3.63) is 72.3 Å². The summed E-state index contributed by atoms with van der Waals surface area (Å²) in [6.07, 6.45) is -2.32. The number of hydrogen-bond acceptors (Lipinski definition) is 5. The maximum Gasteiger partial charge on any atom is 0.573 e. The first-order valence-electron chi connectivity index (χ1n) is 10.4. The number of anilines is 1. The molecule has 0 radical (unpaired) electrons. The summed E-state index contributed by atoms with van der Waals surface area (Å²) in [6.45, 7) is 1.52. The second kappa shape index (κ2) is 9.13. The molecule has 13 heteroatoms. The van der Waals surface area contributed by atoms with Crippen LogP contribution in [0.25, 0.3) is 0 Å². The molecule has 186 valence electrons. The van der Waals surface area contributed by atoms with Crippen LogP contribution in [0.3, 0.4) is 0 Å². The van der Waals surface area contributed by atoms with Crippen LogP contribution in [0, 0.1) is 11.6 Å². The summed E-state index contributed by atoms with van der Waals surface area (Å²) in [5, 5.41) is 15.6. The van der Waals surface area contributed by atoms with E-state index >= 15 is 0 Å². The Hall–Kier alpha value is -3.74. The fraction of sp³-hybridized carbons (Fsp3) is 0.318. The number of rotatable bonds is 7. The van der Waals surface area contributed by atoms with Crippen molar-refractivity contribution in [2.24, 2.45) is 0 Å². The van der Waals surface area contributed by atoms with Gasteiger partial charge in [0.15, 0.2) is 0 Å². The van der Waals surface area contributed by atoms with Gasteiger partial charge in [0.1, 0.15) is 35.6 Å². The van der Waals surface area contributed by atoms with Gasteiger partial charge in [0.05, 0.1) is 12.6 Å². The summed E-state index contributed by atoms with van der Waals surface area (Å²) in [4.78, 5) is 19.6. The van der Waals surface area contributed by atoms with Crippen LogP contribution < -0.4 is 9.64 Å². The molecule has 35 heavy (non-hydrogen) atoms. The first-order chi connectivity index (χ1) is 16.5. The smallest absolute Gasteiger partial charge is 0.406 e. The van der Waals surface area contributed by atoms with Crippen LogP contribution in [0.5, 0.6) is 5.75 Å². The number of benzene rings is 2. The van der Waals surface area contributed by atoms with Gasteiger partial charge in [-0.1, -0.05) is 6.07 Å². The molecule has 0 bridgehead atoms. The molecule has 1 fully saturated rings. The molecule has 3 aromatic rings. The van der Waals surface area contributed by atoms with Crippen molar-refractivity contribution in [3.63, 3.8) is 0 Å². The lowest BCUT2D eigenvalue weighted by Gasteiger charge is -2.39. The highest BCUT2D eigenvalue weighted by Crippen LogP contribution is 2.35. The fourth-order valence-corrected chi connectivity index (χ4v) is 4.08. The van der Waals surface area contributed by atoms with Gasteiger partial charge in [-0.2, -0.15) is 5.10 Å². The van der Waals surface area contributed by atoms with Gasteiger partial charge >= 0.3 is 12.4 Å². The molecular weight excluding hydrogens is 477 g/mol. The van der Waals surface area contributed by atoms with Crippen LogP contribution in [0.1, 0.15) is 12.5 Å². The predicted octanol–water partition coefficient (Wildman–Crippen LogP) is 3.67. The molecule has 2 amide bonds. The Labute approximate surface area is 196 Å². The van der Waals surface area contributed by atoms with E-state index in [0.717, 1.165) is 24.3 Å². The van der Waals surface area contributed by atoms with Gasteiger partial charge in [0.25, 0.3) is 0 Å². The Balaban J connectivity index is 1.60. The molecule has 1 aromatic heterocycles. The fourth-order valence-electron chi connectivity index (χ4n) is 4.08. The van der Waals surface area contributed by atoms with Crippen molar-refractivity contribution in [2.45, 2.75) is 31.5 Å². The highest BCUT2D eigenvalue weighted by Gasteiger charge is 2.46. The van der Waals surface area contributed by atoms with Crippen molar-refractivity contribution in [1.29, 1.82) is 0 Å². The van der Waals surface area contributed by atoms with Crippen LogP contribution in [-0.4, -0.2) is 56.3 Å². The van der Waals surface area contributed by atoms with Crippen molar-refractivity contribution in [3.8, 4) is 5.75 Å². The molecule has 8 nitrogen and oxygen atoms in total. The van der Waals surface area contributed by atoms with Crippen molar-refractivity contribution in [1.82, 2.24) is 19.7 Å². The van der Waals surface area contributed by atoms with E-state index < -0.39 is 41.4 Å². The Morgan fingerprint density at radius 3 is 2.43 bits per heavy atom. The summed E-state index contributed by atoms with van der Waals surface area (Å²) < 4.78 is 70.6. The molecule has 1 unspecified atom stereocenters. The second-order valence-electron chi connectivity index (χ2n) is 7.99. The minimum Gasteiger partial charge on any atom is -0.406 e. The molecule has 1 aliphatic heterocycles. The number of hydrogen-bond donors (Lipinski definition) is 1. The lowest BCUT2D eigenvalue weighted by Crippen LogP contribution is -2.53. The Bertz CT molecular complexity index is 1190. The maximum atomic E-state index is 14.8. The quantitative estimate of drug-likeness (QED) is 0.504. The molecule has 1 aliphatic rings. The Morgan fingerprint density at radius 2 is 1.83 bits per heavy atom. The molecule has 1 saturated heterocycles. The van der Waals surface area contributed by atoms with Gasteiger partial charge in [-0.05, 0) is 37.3 Å². The molecule has 2 aromatic carbocycles. The molecule has 0 saturated carbocycles. The van der Waals surface area contributed by atoms with E-state index in [2.05, 4.69) is 14.8 Å². The normalized spacial score (nSPS) is 16.9. The first-order valence-corrected chi connectivity index (χ1v) is 10.4. The summed E-state index contributed by atoms with van der Waals surface area (Å²) in [6, 6.07) is 5.93. The third-order valence-corrected chi connectivity index (χ3v) is 5.85. The zero-order chi connectivity index (χ0) is 25.4. The van der Waals surface area contributed by atoms with Crippen molar-refractivity contribution in [2.75, 3.05) is 18.0 Å². The Morgan fingerprint density at radius 1 is 1.11 bits per heavy atom. The third kappa shape index (κ3) is 5.04. The van der Waals surface area contributed by atoms with E-state index in [1.165, 1.54) is 46.2 Å². The van der Waals surface area contributed by atoms with Crippen molar-refractivity contribution < 1.29 is 36.6 Å². The number of carbonyl (C=O) groups excluding carboxylic acids is 1. The monoisotopic (exact) mass is 497 g/mol. The van der Waals surface area contributed by atoms with Crippen LogP contribution in [0.4, 0.5) is 32.4 Å². The molecule has 2 heterocycles. The van der Waals surface area contributed by atoms with Crippen LogP contribution in [0.2, 0.25) is 0 Å². The number of aliphatic hydroxyl groups is 1. The lowest BCUT2D eigenvalue weighted by molar-refractivity contribution is -0.274. The Kier molecular flexibility index (Phi) is 6.36. The number of alkyl halides is 3. The molecule has 2 atom stereocenters. The highest BCUT2D eigenvalue weighted by molar-refractivity contribution is 5.94. The van der Waals surface area contributed by atoms with E-state index in [0.29, 0.717) is 11.8 Å². The molecule has 0 aliphatic carbocycles. The number of amides is 2. The molecule has 0 spiro atoms. The summed E-state index contributed by atoms with van der Waals surface area (Å²) in [5.41, 5.74) is -1.95. The maximum absolute atomic E-state index is 14.8.